The molecule has 152 valence electrons. The van der Waals surface area contributed by atoms with Crippen LogP contribution in [0.2, 0.25) is 5.02 Å². The third-order valence-electron chi connectivity index (χ3n) is 5.02. The highest BCUT2D eigenvalue weighted by molar-refractivity contribution is 6.30. The number of nitrogen functional groups attached to an aromatic ring is 1. The van der Waals surface area contributed by atoms with Gasteiger partial charge in [-0.3, -0.25) is 9.69 Å². The van der Waals surface area contributed by atoms with Crippen molar-refractivity contribution in [2.45, 2.75) is 6.54 Å². The second-order valence-corrected chi connectivity index (χ2v) is 7.46. The molecular weight excluding hydrogens is 406 g/mol. The van der Waals surface area contributed by atoms with Crippen molar-refractivity contribution < 1.29 is 9.21 Å². The smallest absolute Gasteiger partial charge is 0.241 e. The van der Waals surface area contributed by atoms with Crippen LogP contribution in [0.25, 0.3) is 17.2 Å². The standard InChI is InChI=1S/C20H18ClN7O2/c21-14-3-1-4-15(9-14)27-7-6-26(12-17(27)29)11-13-10-23-20(22)28-19(13)24-18(25-28)16-5-2-8-30-16/h1-5,8-10H,6-7,11-12H2,(H2,22,23). The SMILES string of the molecule is Nc1ncc(CN2CCN(c3cccc(Cl)c3)C(=O)C2)c2nc(-c3ccco3)nn12. The molecule has 0 aliphatic carbocycles. The molecule has 0 saturated carbocycles. The zero-order chi connectivity index (χ0) is 20.7. The van der Waals surface area contributed by atoms with E-state index in [2.05, 4.69) is 20.0 Å². The molecule has 1 aliphatic heterocycles. The molecule has 4 aromatic rings. The number of piperazine rings is 1. The van der Waals surface area contributed by atoms with Gasteiger partial charge in [0.2, 0.25) is 17.7 Å². The topological polar surface area (TPSA) is 106 Å². The summed E-state index contributed by atoms with van der Waals surface area (Å²) in [6, 6.07) is 10.9. The Kier molecular flexibility index (Phi) is 4.61. The van der Waals surface area contributed by atoms with Crippen LogP contribution in [-0.4, -0.2) is 50.0 Å². The van der Waals surface area contributed by atoms with Crippen molar-refractivity contribution in [1.82, 2.24) is 24.5 Å². The zero-order valence-corrected chi connectivity index (χ0v) is 16.7. The van der Waals surface area contributed by atoms with Crippen LogP contribution in [0.4, 0.5) is 11.6 Å². The fraction of sp³-hybridized carbons (Fsp3) is 0.200. The van der Waals surface area contributed by atoms with Crippen molar-refractivity contribution in [2.24, 2.45) is 0 Å². The van der Waals surface area contributed by atoms with Gasteiger partial charge in [0, 0.05) is 42.1 Å². The Hall–Kier alpha value is -3.43. The molecule has 2 N–H and O–H groups in total. The summed E-state index contributed by atoms with van der Waals surface area (Å²) < 4.78 is 6.88. The van der Waals surface area contributed by atoms with Gasteiger partial charge < -0.3 is 15.1 Å². The molecule has 1 aliphatic rings. The molecule has 0 bridgehead atoms. The average Bonchev–Trinajstić information content (AvgIpc) is 3.40. The molecule has 10 heteroatoms. The quantitative estimate of drug-likeness (QED) is 0.537. The number of hydrogen-bond acceptors (Lipinski definition) is 7. The van der Waals surface area contributed by atoms with E-state index < -0.39 is 0 Å². The van der Waals surface area contributed by atoms with Gasteiger partial charge in [-0.25, -0.2) is 9.97 Å². The van der Waals surface area contributed by atoms with Crippen LogP contribution in [-0.2, 0) is 11.3 Å². The second kappa shape index (κ2) is 7.43. The predicted octanol–water partition coefficient (Wildman–Crippen LogP) is 2.47. The van der Waals surface area contributed by atoms with Gasteiger partial charge in [-0.2, -0.15) is 4.52 Å². The summed E-state index contributed by atoms with van der Waals surface area (Å²) in [7, 11) is 0. The number of halogens is 1. The number of amides is 1. The maximum Gasteiger partial charge on any atom is 0.241 e. The maximum absolute atomic E-state index is 12.7. The van der Waals surface area contributed by atoms with Gasteiger partial charge in [-0.05, 0) is 30.3 Å². The first-order valence-electron chi connectivity index (χ1n) is 9.41. The Morgan fingerprint density at radius 1 is 1.20 bits per heavy atom. The first kappa shape index (κ1) is 18.6. The van der Waals surface area contributed by atoms with Crippen LogP contribution in [0.3, 0.4) is 0 Å². The minimum atomic E-state index is 0.0145. The zero-order valence-electron chi connectivity index (χ0n) is 15.9. The molecule has 1 saturated heterocycles. The minimum Gasteiger partial charge on any atom is -0.461 e. The van der Waals surface area contributed by atoms with Crippen molar-refractivity contribution in [1.29, 1.82) is 0 Å². The lowest BCUT2D eigenvalue weighted by Crippen LogP contribution is -2.50. The third-order valence-corrected chi connectivity index (χ3v) is 5.25. The van der Waals surface area contributed by atoms with Gasteiger partial charge >= 0.3 is 0 Å². The lowest BCUT2D eigenvalue weighted by atomic mass is 10.2. The Morgan fingerprint density at radius 2 is 2.10 bits per heavy atom. The Bertz CT molecular complexity index is 1220. The predicted molar refractivity (Wildman–Crippen MR) is 112 cm³/mol. The van der Waals surface area contributed by atoms with E-state index in [9.17, 15) is 4.79 Å². The summed E-state index contributed by atoms with van der Waals surface area (Å²) in [5, 5.41) is 5.01. The van der Waals surface area contributed by atoms with E-state index in [1.807, 2.05) is 12.1 Å². The molecular formula is C20H18ClN7O2. The van der Waals surface area contributed by atoms with E-state index in [1.54, 1.807) is 41.6 Å². The molecule has 3 aromatic heterocycles. The van der Waals surface area contributed by atoms with E-state index in [1.165, 1.54) is 4.52 Å². The Labute approximate surface area is 176 Å². The van der Waals surface area contributed by atoms with Crippen LogP contribution in [0, 0.1) is 0 Å². The highest BCUT2D eigenvalue weighted by Crippen LogP contribution is 2.23. The van der Waals surface area contributed by atoms with E-state index in [-0.39, 0.29) is 18.4 Å². The van der Waals surface area contributed by atoms with Crippen molar-refractivity contribution in [3.63, 3.8) is 0 Å². The van der Waals surface area contributed by atoms with Crippen LogP contribution in [0.1, 0.15) is 5.56 Å². The highest BCUT2D eigenvalue weighted by Gasteiger charge is 2.26. The van der Waals surface area contributed by atoms with Gasteiger partial charge in [0.25, 0.3) is 0 Å². The fourth-order valence-corrected chi connectivity index (χ4v) is 3.76. The summed E-state index contributed by atoms with van der Waals surface area (Å²) >= 11 is 6.07. The molecule has 1 amide bonds. The molecule has 9 nitrogen and oxygen atoms in total. The average molecular weight is 424 g/mol. The monoisotopic (exact) mass is 423 g/mol. The van der Waals surface area contributed by atoms with Crippen LogP contribution in [0.5, 0.6) is 0 Å². The largest absolute Gasteiger partial charge is 0.461 e. The molecule has 0 unspecified atom stereocenters. The Balaban J connectivity index is 1.37. The van der Waals surface area contributed by atoms with E-state index >= 15 is 0 Å². The van der Waals surface area contributed by atoms with Crippen molar-refractivity contribution in [2.75, 3.05) is 30.3 Å². The molecule has 1 fully saturated rings. The molecule has 0 atom stereocenters. The molecule has 0 spiro atoms. The lowest BCUT2D eigenvalue weighted by molar-refractivity contribution is -0.121. The van der Waals surface area contributed by atoms with E-state index in [4.69, 9.17) is 21.8 Å². The maximum atomic E-state index is 12.7. The molecule has 30 heavy (non-hydrogen) atoms. The number of fused-ring (bicyclic) bond motifs is 1. The van der Waals surface area contributed by atoms with Gasteiger partial charge in [-0.15, -0.1) is 5.10 Å². The van der Waals surface area contributed by atoms with Crippen molar-refractivity contribution in [3.05, 3.63) is 59.4 Å². The number of benzene rings is 1. The number of carbonyl (C=O) groups excluding carboxylic acids is 1. The third kappa shape index (κ3) is 3.38. The minimum absolute atomic E-state index is 0.0145. The number of anilines is 2. The van der Waals surface area contributed by atoms with Gasteiger partial charge in [-0.1, -0.05) is 17.7 Å². The van der Waals surface area contributed by atoms with E-state index in [0.717, 1.165) is 11.3 Å². The number of hydrogen-bond donors (Lipinski definition) is 1. The summed E-state index contributed by atoms with van der Waals surface area (Å²) in [5.41, 5.74) is 8.21. The number of nitrogens with two attached hydrogens (primary N) is 1. The number of rotatable bonds is 4. The summed E-state index contributed by atoms with van der Waals surface area (Å²) in [5.74, 6) is 1.23. The number of nitrogens with zero attached hydrogens (tertiary/aromatic N) is 6. The number of furan rings is 1. The summed E-state index contributed by atoms with van der Waals surface area (Å²) in [4.78, 5) is 25.4. The second-order valence-electron chi connectivity index (χ2n) is 7.03. The number of carbonyl (C=O) groups is 1. The number of aromatic nitrogens is 4. The fourth-order valence-electron chi connectivity index (χ4n) is 3.57. The lowest BCUT2D eigenvalue weighted by Gasteiger charge is -2.34. The highest BCUT2D eigenvalue weighted by atomic mass is 35.5. The molecule has 0 radical (unpaired) electrons. The van der Waals surface area contributed by atoms with Crippen LogP contribution < -0.4 is 10.6 Å². The van der Waals surface area contributed by atoms with Crippen molar-refractivity contribution in [3.8, 4) is 11.6 Å². The molecule has 5 rings (SSSR count). The first-order chi connectivity index (χ1) is 14.6. The van der Waals surface area contributed by atoms with E-state index in [0.29, 0.717) is 41.9 Å². The van der Waals surface area contributed by atoms with Crippen molar-refractivity contribution >= 4 is 34.8 Å². The van der Waals surface area contributed by atoms with Gasteiger partial charge in [0.15, 0.2) is 11.4 Å². The molecule has 1 aromatic carbocycles. The molecule has 4 heterocycles. The summed E-state index contributed by atoms with van der Waals surface area (Å²) in [6.07, 6.45) is 3.24. The first-order valence-corrected chi connectivity index (χ1v) is 9.78. The Morgan fingerprint density at radius 3 is 2.87 bits per heavy atom. The van der Waals surface area contributed by atoms with Crippen LogP contribution >= 0.6 is 11.6 Å². The van der Waals surface area contributed by atoms with Gasteiger partial charge in [0.05, 0.1) is 12.8 Å². The van der Waals surface area contributed by atoms with Crippen LogP contribution in [0.15, 0.2) is 53.3 Å². The summed E-state index contributed by atoms with van der Waals surface area (Å²) in [6.45, 7) is 2.06. The van der Waals surface area contributed by atoms with Gasteiger partial charge in [0.1, 0.15) is 0 Å². The normalized spacial score (nSPS) is 15.2.